The normalized spacial score (nSPS) is 8.82. The van der Waals surface area contributed by atoms with Crippen LogP contribution in [0.4, 0.5) is 0 Å². The van der Waals surface area contributed by atoms with Crippen molar-refractivity contribution in [3.8, 4) is 0 Å². The molecular weight excluding hydrogens is 142 g/mol. The second kappa shape index (κ2) is 4.55. The SMILES string of the molecule is C=CCCC(=O)C(=N)C(C)=O. The van der Waals surface area contributed by atoms with Crippen LogP contribution in [0.1, 0.15) is 19.8 Å². The van der Waals surface area contributed by atoms with Gasteiger partial charge in [-0.05, 0) is 6.42 Å². The van der Waals surface area contributed by atoms with E-state index in [1.807, 2.05) is 0 Å². The molecule has 0 aliphatic rings. The zero-order chi connectivity index (χ0) is 8.85. The third-order valence-electron chi connectivity index (χ3n) is 1.21. The Morgan fingerprint density at radius 2 is 2.09 bits per heavy atom. The van der Waals surface area contributed by atoms with Gasteiger partial charge in [-0.25, -0.2) is 0 Å². The Morgan fingerprint density at radius 3 is 2.45 bits per heavy atom. The highest BCUT2D eigenvalue weighted by molar-refractivity contribution is 6.64. The van der Waals surface area contributed by atoms with Crippen LogP contribution in [0.3, 0.4) is 0 Å². The summed E-state index contributed by atoms with van der Waals surface area (Å²) in [7, 11) is 0. The van der Waals surface area contributed by atoms with Crippen molar-refractivity contribution in [1.82, 2.24) is 0 Å². The Morgan fingerprint density at radius 1 is 1.55 bits per heavy atom. The summed E-state index contributed by atoms with van der Waals surface area (Å²) in [6, 6.07) is 0. The van der Waals surface area contributed by atoms with E-state index in [0.717, 1.165) is 0 Å². The van der Waals surface area contributed by atoms with Gasteiger partial charge in [-0.2, -0.15) is 0 Å². The molecule has 0 aromatic carbocycles. The van der Waals surface area contributed by atoms with E-state index in [1.54, 1.807) is 6.08 Å². The number of carbonyl (C=O) groups is 2. The van der Waals surface area contributed by atoms with Crippen molar-refractivity contribution in [2.45, 2.75) is 19.8 Å². The molecule has 3 nitrogen and oxygen atoms in total. The maximum absolute atomic E-state index is 10.9. The molecule has 0 saturated heterocycles. The van der Waals surface area contributed by atoms with Crippen LogP contribution >= 0.6 is 0 Å². The first-order valence-corrected chi connectivity index (χ1v) is 3.33. The zero-order valence-electron chi connectivity index (χ0n) is 6.52. The van der Waals surface area contributed by atoms with Gasteiger partial charge < -0.3 is 0 Å². The first-order valence-electron chi connectivity index (χ1n) is 3.33. The predicted molar refractivity (Wildman–Crippen MR) is 42.8 cm³/mol. The maximum Gasteiger partial charge on any atom is 0.184 e. The molecule has 0 aromatic heterocycles. The monoisotopic (exact) mass is 153 g/mol. The maximum atomic E-state index is 10.9. The summed E-state index contributed by atoms with van der Waals surface area (Å²) in [6.45, 7) is 4.65. The first-order chi connectivity index (χ1) is 5.09. The van der Waals surface area contributed by atoms with Crippen LogP contribution in [0, 0.1) is 5.41 Å². The number of Topliss-reactive ketones (excluding diaryl/α,β-unsaturated/α-hetero) is 2. The van der Waals surface area contributed by atoms with Gasteiger partial charge in [-0.1, -0.05) is 6.08 Å². The van der Waals surface area contributed by atoms with E-state index in [1.165, 1.54) is 6.92 Å². The van der Waals surface area contributed by atoms with Gasteiger partial charge >= 0.3 is 0 Å². The molecule has 0 amide bonds. The number of rotatable bonds is 5. The number of ketones is 2. The molecule has 0 aliphatic carbocycles. The quantitative estimate of drug-likeness (QED) is 0.365. The van der Waals surface area contributed by atoms with Gasteiger partial charge in [0, 0.05) is 13.3 Å². The lowest BCUT2D eigenvalue weighted by Gasteiger charge is -1.94. The molecule has 0 heterocycles. The molecule has 1 N–H and O–H groups in total. The molecule has 0 atom stereocenters. The fourth-order valence-electron chi connectivity index (χ4n) is 0.554. The summed E-state index contributed by atoms with van der Waals surface area (Å²) in [6.07, 6.45) is 2.32. The van der Waals surface area contributed by atoms with Crippen molar-refractivity contribution in [1.29, 1.82) is 5.41 Å². The highest BCUT2D eigenvalue weighted by atomic mass is 16.1. The summed E-state index contributed by atoms with van der Waals surface area (Å²) in [4.78, 5) is 21.3. The van der Waals surface area contributed by atoms with E-state index in [9.17, 15) is 9.59 Å². The average Bonchev–Trinajstić information content (AvgIpc) is 1.98. The first kappa shape index (κ1) is 9.75. The van der Waals surface area contributed by atoms with Gasteiger partial charge in [0.05, 0.1) is 0 Å². The standard InChI is InChI=1S/C8H11NO2/c1-3-4-5-7(11)8(9)6(2)10/h3,9H,1,4-5H2,2H3. The minimum Gasteiger partial charge on any atom is -0.294 e. The minimum atomic E-state index is -0.473. The van der Waals surface area contributed by atoms with E-state index >= 15 is 0 Å². The van der Waals surface area contributed by atoms with E-state index in [2.05, 4.69) is 6.58 Å². The van der Waals surface area contributed by atoms with Gasteiger partial charge in [0.15, 0.2) is 11.6 Å². The van der Waals surface area contributed by atoms with Crippen molar-refractivity contribution < 1.29 is 9.59 Å². The molecule has 0 bridgehead atoms. The van der Waals surface area contributed by atoms with Crippen molar-refractivity contribution in [3.63, 3.8) is 0 Å². The third-order valence-corrected chi connectivity index (χ3v) is 1.21. The predicted octanol–water partition coefficient (Wildman–Crippen LogP) is 1.13. The molecule has 0 unspecified atom stereocenters. The average molecular weight is 153 g/mol. The molecule has 0 spiro atoms. The molecular formula is C8H11NO2. The molecule has 0 radical (unpaired) electrons. The van der Waals surface area contributed by atoms with Crippen molar-refractivity contribution in [3.05, 3.63) is 12.7 Å². The smallest absolute Gasteiger partial charge is 0.184 e. The van der Waals surface area contributed by atoms with E-state index in [0.29, 0.717) is 6.42 Å². The molecule has 0 aromatic rings. The fraction of sp³-hybridized carbons (Fsp3) is 0.375. The Labute approximate surface area is 65.6 Å². The van der Waals surface area contributed by atoms with Crippen LogP contribution in [0.25, 0.3) is 0 Å². The highest BCUT2D eigenvalue weighted by Crippen LogP contribution is 1.93. The molecule has 0 rings (SSSR count). The Balaban J connectivity index is 3.94. The van der Waals surface area contributed by atoms with Gasteiger partial charge in [0.2, 0.25) is 0 Å². The molecule has 60 valence electrons. The summed E-state index contributed by atoms with van der Waals surface area (Å²) < 4.78 is 0. The molecule has 0 fully saturated rings. The lowest BCUT2D eigenvalue weighted by molar-refractivity contribution is -0.116. The molecule has 0 aliphatic heterocycles. The molecule has 3 heteroatoms. The summed E-state index contributed by atoms with van der Waals surface area (Å²) >= 11 is 0. The largest absolute Gasteiger partial charge is 0.294 e. The second-order valence-electron chi connectivity index (χ2n) is 2.18. The van der Waals surface area contributed by atoms with Gasteiger partial charge in [-0.15, -0.1) is 6.58 Å². The lowest BCUT2D eigenvalue weighted by Crippen LogP contribution is -2.19. The van der Waals surface area contributed by atoms with Crippen LogP contribution in [-0.2, 0) is 9.59 Å². The van der Waals surface area contributed by atoms with Crippen molar-refractivity contribution in [2.75, 3.05) is 0 Å². The van der Waals surface area contributed by atoms with Crippen molar-refractivity contribution in [2.24, 2.45) is 0 Å². The van der Waals surface area contributed by atoms with Gasteiger partial charge in [0.1, 0.15) is 5.71 Å². The molecule has 0 saturated carbocycles. The van der Waals surface area contributed by atoms with Gasteiger partial charge in [-0.3, -0.25) is 15.0 Å². The fourth-order valence-corrected chi connectivity index (χ4v) is 0.554. The minimum absolute atomic E-state index is 0.210. The van der Waals surface area contributed by atoms with E-state index in [4.69, 9.17) is 5.41 Å². The number of nitrogens with one attached hydrogen (secondary N) is 1. The Kier molecular flexibility index (Phi) is 4.03. The van der Waals surface area contributed by atoms with Crippen LogP contribution in [0.15, 0.2) is 12.7 Å². The summed E-state index contributed by atoms with van der Waals surface area (Å²) in [5.41, 5.74) is -0.410. The molecule has 11 heavy (non-hydrogen) atoms. The van der Waals surface area contributed by atoms with Crippen LogP contribution in [0.5, 0.6) is 0 Å². The Bertz CT molecular complexity index is 206. The second-order valence-corrected chi connectivity index (χ2v) is 2.18. The summed E-state index contributed by atoms with van der Waals surface area (Å²) in [5.74, 6) is -0.878. The number of hydrogen-bond acceptors (Lipinski definition) is 3. The van der Waals surface area contributed by atoms with Crippen LogP contribution in [0.2, 0.25) is 0 Å². The highest BCUT2D eigenvalue weighted by Gasteiger charge is 2.11. The van der Waals surface area contributed by atoms with Crippen LogP contribution in [-0.4, -0.2) is 17.3 Å². The van der Waals surface area contributed by atoms with Crippen molar-refractivity contribution >= 4 is 17.3 Å². The zero-order valence-corrected chi connectivity index (χ0v) is 6.52. The number of carbonyl (C=O) groups excluding carboxylic acids is 2. The Hall–Kier alpha value is -1.25. The van der Waals surface area contributed by atoms with E-state index < -0.39 is 17.3 Å². The van der Waals surface area contributed by atoms with Gasteiger partial charge in [0.25, 0.3) is 0 Å². The van der Waals surface area contributed by atoms with Crippen LogP contribution < -0.4 is 0 Å². The third kappa shape index (κ3) is 3.45. The number of hydrogen-bond donors (Lipinski definition) is 1. The lowest BCUT2D eigenvalue weighted by atomic mass is 10.1. The summed E-state index contributed by atoms with van der Waals surface area (Å²) in [5, 5.41) is 6.99. The van der Waals surface area contributed by atoms with E-state index in [-0.39, 0.29) is 6.42 Å². The topological polar surface area (TPSA) is 58.0 Å². The number of allylic oxidation sites excluding steroid dienone is 1.